The first-order valence-electron chi connectivity index (χ1n) is 12.8. The number of carboxylic acid groups (broad SMARTS) is 1. The fourth-order valence-electron chi connectivity index (χ4n) is 4.66. The zero-order valence-electron chi connectivity index (χ0n) is 21.5. The molecule has 37 heavy (non-hydrogen) atoms. The molecule has 0 saturated carbocycles. The molecule has 4 aromatic rings. The van der Waals surface area contributed by atoms with Gasteiger partial charge < -0.3 is 10.0 Å². The van der Waals surface area contributed by atoms with Crippen LogP contribution in [-0.4, -0.2) is 48.5 Å². The van der Waals surface area contributed by atoms with Gasteiger partial charge in [-0.05, 0) is 57.1 Å². The fraction of sp³-hybridized carbons (Fsp3) is 0.345. The van der Waals surface area contributed by atoms with Crippen molar-refractivity contribution in [1.29, 1.82) is 0 Å². The van der Waals surface area contributed by atoms with Crippen LogP contribution in [0, 0.1) is 5.92 Å². The van der Waals surface area contributed by atoms with Crippen molar-refractivity contribution in [2.24, 2.45) is 5.92 Å². The Morgan fingerprint density at radius 2 is 1.59 bits per heavy atom. The second kappa shape index (κ2) is 11.8. The van der Waals surface area contributed by atoms with E-state index in [0.717, 1.165) is 52.3 Å². The zero-order chi connectivity index (χ0) is 26.4. The van der Waals surface area contributed by atoms with Crippen LogP contribution in [0.15, 0.2) is 60.7 Å². The number of nitrogens with one attached hydrogen (secondary N) is 1. The van der Waals surface area contributed by atoms with Crippen LogP contribution in [-0.2, 0) is 16.1 Å². The molecule has 8 heteroatoms. The van der Waals surface area contributed by atoms with Crippen molar-refractivity contribution < 1.29 is 14.7 Å². The van der Waals surface area contributed by atoms with E-state index in [1.807, 2.05) is 56.3 Å². The van der Waals surface area contributed by atoms with Gasteiger partial charge in [0.25, 0.3) is 0 Å². The van der Waals surface area contributed by atoms with Gasteiger partial charge >= 0.3 is 5.97 Å². The molecule has 0 aliphatic heterocycles. The van der Waals surface area contributed by atoms with Crippen molar-refractivity contribution in [3.8, 4) is 22.5 Å². The summed E-state index contributed by atoms with van der Waals surface area (Å²) in [6.45, 7) is 6.06. The normalized spacial score (nSPS) is 12.1. The molecule has 4 rings (SSSR count). The van der Waals surface area contributed by atoms with E-state index >= 15 is 0 Å². The van der Waals surface area contributed by atoms with Gasteiger partial charge in [0, 0.05) is 18.5 Å². The second-order valence-electron chi connectivity index (χ2n) is 9.71. The van der Waals surface area contributed by atoms with Crippen LogP contribution < -0.4 is 0 Å². The number of carbonyl (C=O) groups is 2. The number of hydrogen-bond donors (Lipinski definition) is 2. The lowest BCUT2D eigenvalue weighted by molar-refractivity contribution is -0.153. The van der Waals surface area contributed by atoms with Crippen LogP contribution in [0.4, 0.5) is 0 Å². The predicted octanol–water partition coefficient (Wildman–Crippen LogP) is 5.71. The minimum Gasteiger partial charge on any atom is -0.480 e. The monoisotopic (exact) mass is 499 g/mol. The van der Waals surface area contributed by atoms with Gasteiger partial charge in [0.1, 0.15) is 6.04 Å². The Bertz CT molecular complexity index is 1350. The summed E-state index contributed by atoms with van der Waals surface area (Å²) >= 11 is 0. The molecule has 0 aliphatic rings. The van der Waals surface area contributed by atoms with Gasteiger partial charge in [0.2, 0.25) is 11.7 Å². The molecule has 192 valence electrons. The topological polar surface area (TPSA) is 112 Å². The highest BCUT2D eigenvalue weighted by molar-refractivity contribution is 5.88. The number of unbranched alkanes of at least 4 members (excludes halogenated alkanes) is 2. The molecular formula is C29H33N5O3. The number of benzene rings is 3. The molecule has 1 atom stereocenters. The summed E-state index contributed by atoms with van der Waals surface area (Å²) in [7, 11) is 0. The number of aromatic amines is 1. The molecule has 1 aromatic heterocycles. The summed E-state index contributed by atoms with van der Waals surface area (Å²) in [5.41, 5.74) is 3.96. The molecule has 0 spiro atoms. The molecule has 0 saturated heterocycles. The third-order valence-electron chi connectivity index (χ3n) is 6.61. The Morgan fingerprint density at radius 1 is 0.919 bits per heavy atom. The molecule has 8 nitrogen and oxygen atoms in total. The minimum absolute atomic E-state index is 0.103. The third kappa shape index (κ3) is 6.20. The van der Waals surface area contributed by atoms with E-state index in [1.54, 1.807) is 4.90 Å². The van der Waals surface area contributed by atoms with Gasteiger partial charge in [0.15, 0.2) is 0 Å². The molecule has 0 radical (unpaired) electrons. The van der Waals surface area contributed by atoms with E-state index in [-0.39, 0.29) is 18.4 Å². The van der Waals surface area contributed by atoms with Crippen LogP contribution in [0.2, 0.25) is 0 Å². The molecule has 1 heterocycles. The highest BCUT2D eigenvalue weighted by Crippen LogP contribution is 2.28. The molecule has 0 aliphatic carbocycles. The van der Waals surface area contributed by atoms with Gasteiger partial charge in [-0.15, -0.1) is 10.2 Å². The Kier molecular flexibility index (Phi) is 8.28. The molecule has 1 amide bonds. The van der Waals surface area contributed by atoms with Crippen LogP contribution >= 0.6 is 0 Å². The molecule has 0 fully saturated rings. The molecule has 1 unspecified atom stereocenters. The lowest BCUT2D eigenvalue weighted by atomic mass is 9.98. The molecule has 0 bridgehead atoms. The largest absolute Gasteiger partial charge is 0.480 e. The minimum atomic E-state index is -0.963. The number of amides is 1. The molecule has 2 N–H and O–H groups in total. The number of fused-ring (bicyclic) bond motifs is 1. The Hall–Kier alpha value is -4.07. The smallest absolute Gasteiger partial charge is 0.326 e. The lowest BCUT2D eigenvalue weighted by Gasteiger charge is -2.32. The summed E-state index contributed by atoms with van der Waals surface area (Å²) in [5.74, 6) is -0.705. The zero-order valence-corrected chi connectivity index (χ0v) is 21.5. The highest BCUT2D eigenvalue weighted by atomic mass is 16.4. The number of carbonyl (C=O) groups excluding carboxylic acids is 1. The van der Waals surface area contributed by atoms with Crippen LogP contribution in [0.5, 0.6) is 0 Å². The number of carboxylic acids is 1. The van der Waals surface area contributed by atoms with Gasteiger partial charge in [-0.25, -0.2) is 4.79 Å². The van der Waals surface area contributed by atoms with Crippen molar-refractivity contribution in [3.63, 3.8) is 0 Å². The fourth-order valence-corrected chi connectivity index (χ4v) is 4.66. The van der Waals surface area contributed by atoms with Crippen molar-refractivity contribution >= 4 is 22.6 Å². The quantitative estimate of drug-likeness (QED) is 0.256. The van der Waals surface area contributed by atoms with Crippen molar-refractivity contribution in [1.82, 2.24) is 25.5 Å². The van der Waals surface area contributed by atoms with Crippen LogP contribution in [0.3, 0.4) is 0 Å². The summed E-state index contributed by atoms with van der Waals surface area (Å²) in [6, 6.07) is 19.5. The highest BCUT2D eigenvalue weighted by Gasteiger charge is 2.32. The Labute approximate surface area is 216 Å². The maximum absolute atomic E-state index is 13.1. The van der Waals surface area contributed by atoms with Crippen LogP contribution in [0.1, 0.15) is 52.0 Å². The molecular weight excluding hydrogens is 466 g/mol. The first-order chi connectivity index (χ1) is 17.9. The maximum Gasteiger partial charge on any atom is 0.326 e. The number of nitrogens with zero attached hydrogens (tertiary/aromatic N) is 4. The third-order valence-corrected chi connectivity index (χ3v) is 6.61. The number of tetrazole rings is 1. The summed E-state index contributed by atoms with van der Waals surface area (Å²) in [5, 5.41) is 26.1. The lowest BCUT2D eigenvalue weighted by Crippen LogP contribution is -2.47. The van der Waals surface area contributed by atoms with Gasteiger partial charge in [-0.3, -0.25) is 4.79 Å². The van der Waals surface area contributed by atoms with Gasteiger partial charge in [-0.2, -0.15) is 5.21 Å². The average Bonchev–Trinajstić information content (AvgIpc) is 3.43. The first kappa shape index (κ1) is 26.0. The first-order valence-corrected chi connectivity index (χ1v) is 12.8. The Morgan fingerprint density at radius 3 is 2.24 bits per heavy atom. The van der Waals surface area contributed by atoms with E-state index in [9.17, 15) is 14.7 Å². The summed E-state index contributed by atoms with van der Waals surface area (Å²) in [4.78, 5) is 26.7. The number of rotatable bonds is 11. The molecule has 3 aromatic carbocycles. The summed E-state index contributed by atoms with van der Waals surface area (Å²) in [6.07, 6.45) is 3.10. The van der Waals surface area contributed by atoms with E-state index in [0.29, 0.717) is 12.2 Å². The maximum atomic E-state index is 13.1. The number of aromatic nitrogens is 4. The average molecular weight is 500 g/mol. The SMILES string of the molecule is CCCCCC(=O)N(Cc1ccc2cc(-c3ccc(-c4nn[nH]n4)cc3)ccc2c1)C(C(=O)O)C(C)C. The summed E-state index contributed by atoms with van der Waals surface area (Å²) < 4.78 is 0. The van der Waals surface area contributed by atoms with Crippen molar-refractivity contribution in [2.75, 3.05) is 0 Å². The number of aliphatic carboxylic acids is 1. The van der Waals surface area contributed by atoms with Crippen molar-refractivity contribution in [2.45, 2.75) is 59.0 Å². The second-order valence-corrected chi connectivity index (χ2v) is 9.71. The van der Waals surface area contributed by atoms with E-state index < -0.39 is 12.0 Å². The van der Waals surface area contributed by atoms with E-state index in [1.165, 1.54) is 0 Å². The van der Waals surface area contributed by atoms with E-state index in [2.05, 4.69) is 45.7 Å². The number of H-pyrrole nitrogens is 1. The van der Waals surface area contributed by atoms with Crippen LogP contribution in [0.25, 0.3) is 33.3 Å². The van der Waals surface area contributed by atoms with Gasteiger partial charge in [0.05, 0.1) is 0 Å². The Balaban J connectivity index is 1.56. The van der Waals surface area contributed by atoms with Crippen molar-refractivity contribution in [3.05, 3.63) is 66.2 Å². The standard InChI is InChI=1S/C29H33N5O3/c1-4-5-6-7-26(35)34(27(19(2)3)29(36)37)18-20-8-9-25-17-24(15-14-23(25)16-20)21-10-12-22(13-11-21)28-30-32-33-31-28/h8-17,19,27H,4-7,18H2,1-3H3,(H,36,37)(H,30,31,32,33). The predicted molar refractivity (Wildman–Crippen MR) is 144 cm³/mol. The number of hydrogen-bond acceptors (Lipinski definition) is 5. The van der Waals surface area contributed by atoms with E-state index in [4.69, 9.17) is 0 Å². The van der Waals surface area contributed by atoms with Gasteiger partial charge in [-0.1, -0.05) is 82.1 Å².